The Balaban J connectivity index is 3.80. The van der Waals surface area contributed by atoms with Crippen molar-refractivity contribution >= 4 is 0 Å². The van der Waals surface area contributed by atoms with Crippen LogP contribution in [-0.4, -0.2) is 34.6 Å². The minimum absolute atomic E-state index is 0.0889. The maximum Gasteiger partial charge on any atom is 0.0519 e. The lowest BCUT2D eigenvalue weighted by Gasteiger charge is -2.25. The van der Waals surface area contributed by atoms with Crippen LogP contribution in [0.2, 0.25) is 0 Å². The van der Waals surface area contributed by atoms with E-state index in [2.05, 4.69) is 0 Å². The van der Waals surface area contributed by atoms with Crippen molar-refractivity contribution in [2.75, 3.05) is 13.2 Å². The average Bonchev–Trinajstić information content (AvgIpc) is 1.87. The van der Waals surface area contributed by atoms with Crippen LogP contribution in [0.4, 0.5) is 0 Å². The first-order chi connectivity index (χ1) is 4.54. The second-order valence-corrected chi connectivity index (χ2v) is 3.18. The smallest absolute Gasteiger partial charge is 0.0519 e. The molecular weight excluding hydrogens is 132 g/mol. The minimum atomic E-state index is -0.534. The minimum Gasteiger partial charge on any atom is -0.396 e. The molecule has 0 rings (SSSR count). The summed E-state index contributed by atoms with van der Waals surface area (Å²) in [6.07, 6.45) is -0.0377. The molecule has 0 fully saturated rings. The zero-order chi connectivity index (χ0) is 8.20. The summed E-state index contributed by atoms with van der Waals surface area (Å²) in [7, 11) is 0. The molecule has 10 heavy (non-hydrogen) atoms. The average molecular weight is 148 g/mol. The summed E-state index contributed by atoms with van der Waals surface area (Å²) in [6, 6.07) is 0. The molecule has 0 bridgehead atoms. The summed E-state index contributed by atoms with van der Waals surface area (Å²) in [5.74, 6) is 0. The molecule has 62 valence electrons. The molecule has 1 atom stereocenters. The van der Waals surface area contributed by atoms with Gasteiger partial charge in [-0.15, -0.1) is 0 Å². The molecule has 3 heteroatoms. The van der Waals surface area contributed by atoms with E-state index in [1.54, 1.807) is 13.8 Å². The van der Waals surface area contributed by atoms with Gasteiger partial charge in [0.25, 0.3) is 0 Å². The summed E-state index contributed by atoms with van der Waals surface area (Å²) in [5, 5.41) is 26.5. The van der Waals surface area contributed by atoms with E-state index in [9.17, 15) is 0 Å². The molecule has 0 aliphatic carbocycles. The Bertz CT molecular complexity index is 86.9. The van der Waals surface area contributed by atoms with Crippen LogP contribution in [-0.2, 0) is 0 Å². The molecular formula is C7H16O3. The molecule has 0 heterocycles. The highest BCUT2D eigenvalue weighted by molar-refractivity contribution is 4.73. The Labute approximate surface area is 61.3 Å². The molecule has 0 saturated carbocycles. The van der Waals surface area contributed by atoms with Gasteiger partial charge in [-0.05, 0) is 13.3 Å². The van der Waals surface area contributed by atoms with Gasteiger partial charge in [0.15, 0.2) is 0 Å². The highest BCUT2D eigenvalue weighted by Gasteiger charge is 2.23. The second-order valence-electron chi connectivity index (χ2n) is 3.18. The number of aliphatic hydroxyl groups is 3. The monoisotopic (exact) mass is 148 g/mol. The van der Waals surface area contributed by atoms with Crippen LogP contribution in [0.15, 0.2) is 0 Å². The van der Waals surface area contributed by atoms with Gasteiger partial charge in [-0.25, -0.2) is 0 Å². The lowest BCUT2D eigenvalue weighted by Crippen LogP contribution is -2.29. The van der Waals surface area contributed by atoms with Crippen LogP contribution in [0.25, 0.3) is 0 Å². The molecule has 3 N–H and O–H groups in total. The van der Waals surface area contributed by atoms with Crippen LogP contribution in [0.5, 0.6) is 0 Å². The summed E-state index contributed by atoms with van der Waals surface area (Å²) in [5.41, 5.74) is -0.534. The lowest BCUT2D eigenvalue weighted by molar-refractivity contribution is 0.0247. The maximum absolute atomic E-state index is 8.93. The SMILES string of the molecule is CC(O)CC(C)(CO)CO. The number of hydrogen-bond donors (Lipinski definition) is 3. The van der Waals surface area contributed by atoms with Gasteiger partial charge in [0.2, 0.25) is 0 Å². The number of aliphatic hydroxyl groups excluding tert-OH is 3. The molecule has 0 aromatic rings. The fourth-order valence-electron chi connectivity index (χ4n) is 0.892. The Morgan fingerprint density at radius 2 is 1.70 bits per heavy atom. The summed E-state index contributed by atoms with van der Waals surface area (Å²) < 4.78 is 0. The van der Waals surface area contributed by atoms with Crippen LogP contribution in [0, 0.1) is 5.41 Å². The van der Waals surface area contributed by atoms with Crippen molar-refractivity contribution in [2.24, 2.45) is 5.41 Å². The van der Waals surface area contributed by atoms with Crippen molar-refractivity contribution in [3.63, 3.8) is 0 Å². The first-order valence-electron chi connectivity index (χ1n) is 3.44. The Morgan fingerprint density at radius 1 is 1.30 bits per heavy atom. The maximum atomic E-state index is 8.93. The van der Waals surface area contributed by atoms with Crippen LogP contribution < -0.4 is 0 Å². The fourth-order valence-corrected chi connectivity index (χ4v) is 0.892. The zero-order valence-electron chi connectivity index (χ0n) is 6.54. The van der Waals surface area contributed by atoms with E-state index in [4.69, 9.17) is 15.3 Å². The van der Waals surface area contributed by atoms with Crippen LogP contribution in [0.3, 0.4) is 0 Å². The molecule has 0 aromatic heterocycles. The molecule has 0 aromatic carbocycles. The van der Waals surface area contributed by atoms with Gasteiger partial charge in [0.05, 0.1) is 19.3 Å². The number of hydrogen-bond acceptors (Lipinski definition) is 3. The third-order valence-corrected chi connectivity index (χ3v) is 1.55. The summed E-state index contributed by atoms with van der Waals surface area (Å²) in [6.45, 7) is 3.20. The highest BCUT2D eigenvalue weighted by atomic mass is 16.3. The Kier molecular flexibility index (Phi) is 3.86. The first-order valence-corrected chi connectivity index (χ1v) is 3.44. The highest BCUT2D eigenvalue weighted by Crippen LogP contribution is 2.20. The van der Waals surface area contributed by atoms with Gasteiger partial charge in [-0.2, -0.15) is 0 Å². The van der Waals surface area contributed by atoms with Crippen molar-refractivity contribution in [2.45, 2.75) is 26.4 Å². The first kappa shape index (κ1) is 9.88. The molecule has 3 nitrogen and oxygen atoms in total. The van der Waals surface area contributed by atoms with Gasteiger partial charge in [-0.3, -0.25) is 0 Å². The summed E-state index contributed by atoms with van der Waals surface area (Å²) in [4.78, 5) is 0. The topological polar surface area (TPSA) is 60.7 Å². The van der Waals surface area contributed by atoms with E-state index in [-0.39, 0.29) is 13.2 Å². The fraction of sp³-hybridized carbons (Fsp3) is 1.00. The molecule has 0 saturated heterocycles. The van der Waals surface area contributed by atoms with E-state index in [0.717, 1.165) is 0 Å². The molecule has 1 unspecified atom stereocenters. The molecule has 0 amide bonds. The predicted molar refractivity (Wildman–Crippen MR) is 38.6 cm³/mol. The Hall–Kier alpha value is -0.120. The standard InChI is InChI=1S/C7H16O3/c1-6(10)3-7(2,4-8)5-9/h6,8-10H,3-5H2,1-2H3. The van der Waals surface area contributed by atoms with E-state index in [1.807, 2.05) is 0 Å². The second kappa shape index (κ2) is 3.91. The van der Waals surface area contributed by atoms with Gasteiger partial charge in [-0.1, -0.05) is 6.92 Å². The van der Waals surface area contributed by atoms with Crippen LogP contribution >= 0.6 is 0 Å². The van der Waals surface area contributed by atoms with Gasteiger partial charge in [0.1, 0.15) is 0 Å². The zero-order valence-corrected chi connectivity index (χ0v) is 6.54. The van der Waals surface area contributed by atoms with Gasteiger partial charge < -0.3 is 15.3 Å². The molecule has 0 radical (unpaired) electrons. The van der Waals surface area contributed by atoms with Crippen molar-refractivity contribution in [1.29, 1.82) is 0 Å². The van der Waals surface area contributed by atoms with Crippen molar-refractivity contribution in [3.05, 3.63) is 0 Å². The normalized spacial score (nSPS) is 15.3. The quantitative estimate of drug-likeness (QED) is 0.515. The predicted octanol–water partition coefficient (Wildman–Crippen LogP) is -0.252. The molecule has 0 spiro atoms. The van der Waals surface area contributed by atoms with Crippen LogP contribution in [0.1, 0.15) is 20.3 Å². The third kappa shape index (κ3) is 3.15. The Morgan fingerprint density at radius 3 is 1.80 bits per heavy atom. The molecule has 0 aliphatic heterocycles. The van der Waals surface area contributed by atoms with E-state index in [0.29, 0.717) is 6.42 Å². The summed E-state index contributed by atoms with van der Waals surface area (Å²) >= 11 is 0. The van der Waals surface area contributed by atoms with Gasteiger partial charge >= 0.3 is 0 Å². The number of rotatable bonds is 4. The molecule has 0 aliphatic rings. The van der Waals surface area contributed by atoms with Crippen molar-refractivity contribution in [3.8, 4) is 0 Å². The lowest BCUT2D eigenvalue weighted by atomic mass is 9.87. The van der Waals surface area contributed by atoms with E-state index >= 15 is 0 Å². The van der Waals surface area contributed by atoms with E-state index in [1.165, 1.54) is 0 Å². The van der Waals surface area contributed by atoms with Crippen molar-refractivity contribution in [1.82, 2.24) is 0 Å². The van der Waals surface area contributed by atoms with E-state index < -0.39 is 11.5 Å². The van der Waals surface area contributed by atoms with Crippen molar-refractivity contribution < 1.29 is 15.3 Å². The third-order valence-electron chi connectivity index (χ3n) is 1.55. The van der Waals surface area contributed by atoms with Gasteiger partial charge in [0, 0.05) is 5.41 Å². The largest absolute Gasteiger partial charge is 0.396 e.